The standard InChI is InChI=1S/C32H43N3O9S/c1-5-6-10-17-33-27(36)24(18-21-13-15-23(16-14-21)43-26(29(38)39)30(40)41)34-28(37)25(35-31(42)44-32(2,3)4)20-45-19-22-11-8-7-9-12-22/h7-9,11-16,24-26H,5-6,10,17-20H2,1-4H3,(H,33,36)(H,34,37)(H,35,42)(H,38,39)(H,40,41)/t24-,25?/m0/s1. The Morgan fingerprint density at radius 3 is 2.04 bits per heavy atom. The van der Waals surface area contributed by atoms with Crippen LogP contribution in [0.25, 0.3) is 0 Å². The quantitative estimate of drug-likeness (QED) is 0.118. The van der Waals surface area contributed by atoms with E-state index in [-0.39, 0.29) is 17.9 Å². The minimum absolute atomic E-state index is 0.00946. The van der Waals surface area contributed by atoms with Crippen molar-refractivity contribution in [1.29, 1.82) is 0 Å². The molecular weight excluding hydrogens is 602 g/mol. The zero-order valence-corrected chi connectivity index (χ0v) is 26.9. The first-order valence-electron chi connectivity index (χ1n) is 14.7. The number of amides is 3. The van der Waals surface area contributed by atoms with Crippen molar-refractivity contribution in [3.05, 3.63) is 65.7 Å². The largest absolute Gasteiger partial charge is 0.478 e. The molecule has 2 aromatic carbocycles. The van der Waals surface area contributed by atoms with Crippen molar-refractivity contribution in [2.75, 3.05) is 12.3 Å². The van der Waals surface area contributed by atoms with E-state index < -0.39 is 53.6 Å². The number of carboxylic acid groups (broad SMARTS) is 2. The summed E-state index contributed by atoms with van der Waals surface area (Å²) < 4.78 is 10.4. The Bertz CT molecular complexity index is 1250. The zero-order chi connectivity index (χ0) is 33.4. The monoisotopic (exact) mass is 645 g/mol. The number of carbonyl (C=O) groups is 5. The number of rotatable bonds is 18. The second kappa shape index (κ2) is 18.5. The highest BCUT2D eigenvalue weighted by atomic mass is 32.2. The van der Waals surface area contributed by atoms with Gasteiger partial charge in [0.15, 0.2) is 0 Å². The Kier molecular flexibility index (Phi) is 15.2. The molecule has 3 amide bonds. The van der Waals surface area contributed by atoms with E-state index in [1.807, 2.05) is 37.3 Å². The van der Waals surface area contributed by atoms with Crippen molar-refractivity contribution < 1.29 is 43.7 Å². The predicted molar refractivity (Wildman–Crippen MR) is 170 cm³/mol. The van der Waals surface area contributed by atoms with Crippen LogP contribution in [0, 0.1) is 0 Å². The van der Waals surface area contributed by atoms with E-state index in [4.69, 9.17) is 19.7 Å². The summed E-state index contributed by atoms with van der Waals surface area (Å²) in [5.41, 5.74) is 0.857. The lowest BCUT2D eigenvalue weighted by Crippen LogP contribution is -2.55. The molecule has 12 nitrogen and oxygen atoms in total. The summed E-state index contributed by atoms with van der Waals surface area (Å²) in [6.45, 7) is 7.60. The summed E-state index contributed by atoms with van der Waals surface area (Å²) in [6.07, 6.45) is -0.127. The third-order valence-corrected chi connectivity index (χ3v) is 7.29. The summed E-state index contributed by atoms with van der Waals surface area (Å²) >= 11 is 1.44. The fourth-order valence-electron chi connectivity index (χ4n) is 3.98. The van der Waals surface area contributed by atoms with E-state index in [2.05, 4.69) is 16.0 Å². The molecule has 45 heavy (non-hydrogen) atoms. The van der Waals surface area contributed by atoms with Crippen molar-refractivity contribution in [2.45, 2.75) is 82.9 Å². The molecule has 0 radical (unpaired) electrons. The van der Waals surface area contributed by atoms with Crippen LogP contribution in [0.2, 0.25) is 0 Å². The van der Waals surface area contributed by atoms with Crippen LogP contribution >= 0.6 is 11.8 Å². The van der Waals surface area contributed by atoms with E-state index in [0.29, 0.717) is 17.9 Å². The fraction of sp³-hybridized carbons (Fsp3) is 0.469. The first kappa shape index (κ1) is 36.9. The molecule has 1 unspecified atom stereocenters. The summed E-state index contributed by atoms with van der Waals surface area (Å²) in [7, 11) is 0. The lowest BCUT2D eigenvalue weighted by atomic mass is 10.0. The first-order valence-corrected chi connectivity index (χ1v) is 15.8. The Balaban J connectivity index is 2.21. The molecule has 2 rings (SSSR count). The highest BCUT2D eigenvalue weighted by molar-refractivity contribution is 7.98. The molecule has 0 saturated heterocycles. The summed E-state index contributed by atoms with van der Waals surface area (Å²) in [5, 5.41) is 26.4. The van der Waals surface area contributed by atoms with Crippen molar-refractivity contribution >= 4 is 41.6 Å². The van der Waals surface area contributed by atoms with Gasteiger partial charge in [0.2, 0.25) is 11.8 Å². The molecule has 0 fully saturated rings. The molecule has 2 aromatic rings. The van der Waals surface area contributed by atoms with Crippen molar-refractivity contribution in [1.82, 2.24) is 16.0 Å². The molecule has 0 aliphatic carbocycles. The van der Waals surface area contributed by atoms with Crippen LogP contribution in [-0.4, -0.2) is 76.1 Å². The van der Waals surface area contributed by atoms with Crippen LogP contribution < -0.4 is 20.7 Å². The molecule has 0 aromatic heterocycles. The van der Waals surface area contributed by atoms with Crippen LogP contribution in [0.4, 0.5) is 4.79 Å². The molecule has 246 valence electrons. The SMILES string of the molecule is CCCCCNC(=O)[C@H](Cc1ccc(OC(C(=O)O)C(=O)O)cc1)NC(=O)C(CSCc1ccccc1)NC(=O)OC(C)(C)C. The van der Waals surface area contributed by atoms with Gasteiger partial charge in [-0.15, -0.1) is 0 Å². The van der Waals surface area contributed by atoms with E-state index in [9.17, 15) is 24.0 Å². The smallest absolute Gasteiger partial charge is 0.408 e. The number of nitrogens with one attached hydrogen (secondary N) is 3. The molecule has 5 N–H and O–H groups in total. The van der Waals surface area contributed by atoms with Gasteiger partial charge in [-0.1, -0.05) is 62.2 Å². The second-order valence-corrected chi connectivity index (χ2v) is 12.3. The third kappa shape index (κ3) is 14.4. The molecular formula is C32H43N3O9S. The zero-order valence-electron chi connectivity index (χ0n) is 26.0. The van der Waals surface area contributed by atoms with E-state index >= 15 is 0 Å². The molecule has 0 aliphatic heterocycles. The van der Waals surface area contributed by atoms with Gasteiger partial charge in [-0.2, -0.15) is 11.8 Å². The Labute approximate surface area is 267 Å². The number of carbonyl (C=O) groups excluding carboxylic acids is 3. The molecule has 2 atom stereocenters. The molecule has 0 aliphatic rings. The minimum atomic E-state index is -2.08. The highest BCUT2D eigenvalue weighted by Gasteiger charge is 2.30. The van der Waals surface area contributed by atoms with Gasteiger partial charge in [0, 0.05) is 24.5 Å². The van der Waals surface area contributed by atoms with Gasteiger partial charge in [0.05, 0.1) is 0 Å². The highest BCUT2D eigenvalue weighted by Crippen LogP contribution is 2.17. The first-order chi connectivity index (χ1) is 21.3. The van der Waals surface area contributed by atoms with Gasteiger partial charge < -0.3 is 35.6 Å². The molecule has 0 bridgehead atoms. The molecule has 0 heterocycles. The summed E-state index contributed by atoms with van der Waals surface area (Å²) in [5.74, 6) is -3.46. The van der Waals surface area contributed by atoms with E-state index in [1.54, 1.807) is 32.9 Å². The minimum Gasteiger partial charge on any atom is -0.478 e. The van der Waals surface area contributed by atoms with Crippen LogP contribution in [0.1, 0.15) is 58.1 Å². The topological polar surface area (TPSA) is 180 Å². The number of carboxylic acids is 2. The number of benzene rings is 2. The number of thioether (sulfide) groups is 1. The molecule has 0 saturated carbocycles. The Morgan fingerprint density at radius 1 is 0.822 bits per heavy atom. The lowest BCUT2D eigenvalue weighted by Gasteiger charge is -2.25. The maximum atomic E-state index is 13.6. The van der Waals surface area contributed by atoms with Gasteiger partial charge in [-0.3, -0.25) is 9.59 Å². The average Bonchev–Trinajstić information content (AvgIpc) is 2.97. The van der Waals surface area contributed by atoms with Crippen molar-refractivity contribution in [3.8, 4) is 5.75 Å². The molecule has 0 spiro atoms. The lowest BCUT2D eigenvalue weighted by molar-refractivity contribution is -0.159. The van der Waals surface area contributed by atoms with Gasteiger partial charge in [0.1, 0.15) is 23.4 Å². The normalized spacial score (nSPS) is 12.5. The summed E-state index contributed by atoms with van der Waals surface area (Å²) in [4.78, 5) is 61.8. The maximum Gasteiger partial charge on any atom is 0.408 e. The number of ether oxygens (including phenoxy) is 2. The van der Waals surface area contributed by atoms with Crippen molar-refractivity contribution in [2.24, 2.45) is 0 Å². The van der Waals surface area contributed by atoms with E-state index in [1.165, 1.54) is 23.9 Å². The van der Waals surface area contributed by atoms with Gasteiger partial charge >= 0.3 is 18.0 Å². The number of unbranched alkanes of at least 4 members (excludes halogenated alkanes) is 2. The predicted octanol–water partition coefficient (Wildman–Crippen LogP) is 3.76. The van der Waals surface area contributed by atoms with Crippen molar-refractivity contribution in [3.63, 3.8) is 0 Å². The number of aliphatic carboxylic acids is 2. The van der Waals surface area contributed by atoms with Gasteiger partial charge in [-0.25, -0.2) is 14.4 Å². The maximum absolute atomic E-state index is 13.6. The fourth-order valence-corrected chi connectivity index (χ4v) is 4.99. The number of hydrogen-bond donors (Lipinski definition) is 5. The average molecular weight is 646 g/mol. The van der Waals surface area contributed by atoms with Gasteiger partial charge in [0.25, 0.3) is 6.10 Å². The third-order valence-electron chi connectivity index (χ3n) is 6.18. The number of hydrogen-bond acceptors (Lipinski definition) is 8. The van der Waals surface area contributed by atoms with E-state index in [0.717, 1.165) is 24.8 Å². The van der Waals surface area contributed by atoms with Crippen LogP contribution in [0.3, 0.4) is 0 Å². The summed E-state index contributed by atoms with van der Waals surface area (Å²) in [6, 6.07) is 13.5. The molecule has 13 heteroatoms. The van der Waals surface area contributed by atoms with Gasteiger partial charge in [-0.05, 0) is 50.5 Å². The Hall–Kier alpha value is -4.26. The van der Waals surface area contributed by atoms with Crippen LogP contribution in [-0.2, 0) is 36.1 Å². The number of alkyl carbamates (subject to hydrolysis) is 1. The van der Waals surface area contributed by atoms with Crippen LogP contribution in [0.5, 0.6) is 5.75 Å². The Morgan fingerprint density at radius 2 is 1.47 bits per heavy atom. The second-order valence-electron chi connectivity index (χ2n) is 11.3. The van der Waals surface area contributed by atoms with Crippen LogP contribution in [0.15, 0.2) is 54.6 Å².